The highest BCUT2D eigenvalue weighted by atomic mass is 16.5. The van der Waals surface area contributed by atoms with Crippen LogP contribution in [0.25, 0.3) is 0 Å². The Balaban J connectivity index is 4.07. The van der Waals surface area contributed by atoms with Gasteiger partial charge in [-0.25, -0.2) is 0 Å². The van der Waals surface area contributed by atoms with Crippen molar-refractivity contribution in [2.24, 2.45) is 17.6 Å². The van der Waals surface area contributed by atoms with Crippen molar-refractivity contribution >= 4 is 0 Å². The van der Waals surface area contributed by atoms with E-state index >= 15 is 0 Å². The van der Waals surface area contributed by atoms with E-state index in [1.54, 1.807) is 0 Å². The van der Waals surface area contributed by atoms with Crippen LogP contribution in [-0.2, 0) is 9.47 Å². The first-order valence-corrected chi connectivity index (χ1v) is 7.23. The molecule has 2 N–H and O–H groups in total. The van der Waals surface area contributed by atoms with Gasteiger partial charge in [-0.05, 0) is 32.2 Å². The summed E-state index contributed by atoms with van der Waals surface area (Å²) in [5.74, 6) is 1.17. The molecule has 0 aromatic carbocycles. The highest BCUT2D eigenvalue weighted by Crippen LogP contribution is 2.11. The van der Waals surface area contributed by atoms with Crippen LogP contribution in [0.3, 0.4) is 0 Å². The number of hydrogen-bond donors (Lipinski definition) is 1. The van der Waals surface area contributed by atoms with E-state index in [0.29, 0.717) is 11.8 Å². The minimum atomic E-state index is 0.549. The molecule has 0 rings (SSSR count). The van der Waals surface area contributed by atoms with E-state index in [-0.39, 0.29) is 0 Å². The van der Waals surface area contributed by atoms with Crippen molar-refractivity contribution in [3.8, 4) is 0 Å². The van der Waals surface area contributed by atoms with Crippen LogP contribution in [-0.4, -0.2) is 57.5 Å². The van der Waals surface area contributed by atoms with Crippen LogP contribution in [0.15, 0.2) is 0 Å². The lowest BCUT2D eigenvalue weighted by atomic mass is 9.95. The largest absolute Gasteiger partial charge is 0.380 e. The molecule has 1 unspecified atom stereocenters. The van der Waals surface area contributed by atoms with Gasteiger partial charge in [0.2, 0.25) is 0 Å². The van der Waals surface area contributed by atoms with E-state index in [9.17, 15) is 0 Å². The zero-order chi connectivity index (χ0) is 13.8. The molecule has 0 aromatic heterocycles. The predicted molar refractivity (Wildman–Crippen MR) is 76.8 cm³/mol. The number of rotatable bonds is 12. The Bertz CT molecular complexity index is 167. The number of nitrogens with two attached hydrogens (primary N) is 1. The maximum Gasteiger partial charge on any atom is 0.0593 e. The summed E-state index contributed by atoms with van der Waals surface area (Å²) in [5, 5.41) is 0. The Morgan fingerprint density at radius 3 is 1.83 bits per heavy atom. The molecule has 0 amide bonds. The van der Waals surface area contributed by atoms with E-state index in [1.807, 2.05) is 13.8 Å². The van der Waals surface area contributed by atoms with Crippen LogP contribution in [0.4, 0.5) is 0 Å². The van der Waals surface area contributed by atoms with Crippen molar-refractivity contribution in [2.45, 2.75) is 27.7 Å². The summed E-state index contributed by atoms with van der Waals surface area (Å²) in [5.41, 5.74) is 5.84. The maximum absolute atomic E-state index is 5.84. The van der Waals surface area contributed by atoms with Crippen molar-refractivity contribution in [1.82, 2.24) is 4.90 Å². The van der Waals surface area contributed by atoms with Gasteiger partial charge < -0.3 is 15.2 Å². The van der Waals surface area contributed by atoms with Crippen molar-refractivity contribution in [3.05, 3.63) is 0 Å². The third-order valence-electron chi connectivity index (χ3n) is 3.25. The van der Waals surface area contributed by atoms with Crippen LogP contribution in [0.5, 0.6) is 0 Å². The molecule has 0 radical (unpaired) electrons. The molecule has 0 aliphatic rings. The smallest absolute Gasteiger partial charge is 0.0593 e. The van der Waals surface area contributed by atoms with E-state index in [1.165, 1.54) is 0 Å². The van der Waals surface area contributed by atoms with Crippen LogP contribution in [0.2, 0.25) is 0 Å². The lowest BCUT2D eigenvalue weighted by Crippen LogP contribution is -2.39. The number of hydrogen-bond acceptors (Lipinski definition) is 4. The second-order valence-corrected chi connectivity index (χ2v) is 4.93. The molecule has 0 saturated carbocycles. The third-order valence-corrected chi connectivity index (χ3v) is 3.25. The average Bonchev–Trinajstić information content (AvgIpc) is 2.35. The topological polar surface area (TPSA) is 47.7 Å². The molecule has 4 nitrogen and oxygen atoms in total. The highest BCUT2D eigenvalue weighted by molar-refractivity contribution is 4.70. The average molecular weight is 260 g/mol. The lowest BCUT2D eigenvalue weighted by Gasteiger charge is -2.28. The Morgan fingerprint density at radius 1 is 1.00 bits per heavy atom. The van der Waals surface area contributed by atoms with Gasteiger partial charge >= 0.3 is 0 Å². The first kappa shape index (κ1) is 17.8. The fraction of sp³-hybridized carbons (Fsp3) is 1.00. The molecule has 4 heteroatoms. The van der Waals surface area contributed by atoms with Gasteiger partial charge in [-0.2, -0.15) is 0 Å². The number of nitrogens with zero attached hydrogens (tertiary/aromatic N) is 1. The summed E-state index contributed by atoms with van der Waals surface area (Å²) in [6, 6.07) is 0. The van der Waals surface area contributed by atoms with Crippen LogP contribution in [0, 0.1) is 11.8 Å². The van der Waals surface area contributed by atoms with E-state index in [4.69, 9.17) is 15.2 Å². The standard InChI is InChI=1S/C14H32N2O2/c1-5-17-9-7-16(8-10-18-6-2)12-14(11-15)13(3)4/h13-14H,5-12,15H2,1-4H3. The molecule has 110 valence electrons. The normalized spacial score (nSPS) is 13.5. The first-order chi connectivity index (χ1) is 8.65. The minimum absolute atomic E-state index is 0.549. The van der Waals surface area contributed by atoms with Gasteiger partial charge in [-0.1, -0.05) is 13.8 Å². The molecule has 1 atom stereocenters. The quantitative estimate of drug-likeness (QED) is 0.541. The van der Waals surface area contributed by atoms with E-state index in [2.05, 4.69) is 18.7 Å². The van der Waals surface area contributed by atoms with Gasteiger partial charge in [0.05, 0.1) is 13.2 Å². The Kier molecular flexibility index (Phi) is 11.8. The van der Waals surface area contributed by atoms with Gasteiger partial charge in [0, 0.05) is 32.8 Å². The molecular formula is C14H32N2O2. The molecule has 0 fully saturated rings. The lowest BCUT2D eigenvalue weighted by molar-refractivity contribution is 0.0723. The molecule has 0 heterocycles. The van der Waals surface area contributed by atoms with E-state index < -0.39 is 0 Å². The van der Waals surface area contributed by atoms with Crippen molar-refractivity contribution < 1.29 is 9.47 Å². The second kappa shape index (κ2) is 11.9. The Morgan fingerprint density at radius 2 is 1.50 bits per heavy atom. The van der Waals surface area contributed by atoms with Gasteiger partial charge in [-0.15, -0.1) is 0 Å². The van der Waals surface area contributed by atoms with Crippen molar-refractivity contribution in [2.75, 3.05) is 52.6 Å². The van der Waals surface area contributed by atoms with Crippen molar-refractivity contribution in [3.63, 3.8) is 0 Å². The highest BCUT2D eigenvalue weighted by Gasteiger charge is 2.16. The Labute approximate surface area is 113 Å². The summed E-state index contributed by atoms with van der Waals surface area (Å²) in [6.07, 6.45) is 0. The summed E-state index contributed by atoms with van der Waals surface area (Å²) >= 11 is 0. The molecule has 18 heavy (non-hydrogen) atoms. The minimum Gasteiger partial charge on any atom is -0.380 e. The van der Waals surface area contributed by atoms with Gasteiger partial charge in [0.25, 0.3) is 0 Å². The molecule has 0 spiro atoms. The zero-order valence-corrected chi connectivity index (χ0v) is 12.7. The molecule has 0 bridgehead atoms. The summed E-state index contributed by atoms with van der Waals surface area (Å²) in [7, 11) is 0. The van der Waals surface area contributed by atoms with Gasteiger partial charge in [-0.3, -0.25) is 4.90 Å². The predicted octanol–water partition coefficient (Wildman–Crippen LogP) is 1.59. The van der Waals surface area contributed by atoms with Crippen LogP contribution >= 0.6 is 0 Å². The molecular weight excluding hydrogens is 228 g/mol. The summed E-state index contributed by atoms with van der Waals surface area (Å²) in [4.78, 5) is 2.41. The summed E-state index contributed by atoms with van der Waals surface area (Å²) < 4.78 is 10.9. The molecule has 0 saturated heterocycles. The molecule has 0 aliphatic heterocycles. The number of ether oxygens (including phenoxy) is 2. The molecule has 0 aliphatic carbocycles. The molecule has 0 aromatic rings. The first-order valence-electron chi connectivity index (χ1n) is 7.23. The third kappa shape index (κ3) is 8.86. The summed E-state index contributed by atoms with van der Waals surface area (Å²) in [6.45, 7) is 15.4. The van der Waals surface area contributed by atoms with E-state index in [0.717, 1.165) is 52.6 Å². The van der Waals surface area contributed by atoms with Crippen LogP contribution < -0.4 is 5.73 Å². The van der Waals surface area contributed by atoms with Crippen LogP contribution in [0.1, 0.15) is 27.7 Å². The van der Waals surface area contributed by atoms with Gasteiger partial charge in [0.15, 0.2) is 0 Å². The van der Waals surface area contributed by atoms with Crippen molar-refractivity contribution in [1.29, 1.82) is 0 Å². The van der Waals surface area contributed by atoms with Gasteiger partial charge in [0.1, 0.15) is 0 Å². The zero-order valence-electron chi connectivity index (χ0n) is 12.7. The fourth-order valence-electron chi connectivity index (χ4n) is 1.86. The maximum atomic E-state index is 5.84. The second-order valence-electron chi connectivity index (χ2n) is 4.93. The fourth-order valence-corrected chi connectivity index (χ4v) is 1.86. The monoisotopic (exact) mass is 260 g/mol. The SMILES string of the molecule is CCOCCN(CCOCC)CC(CN)C(C)C. The Hall–Kier alpha value is -0.160.